The van der Waals surface area contributed by atoms with Gasteiger partial charge in [-0.25, -0.2) is 0 Å². The molecule has 7 heteroatoms. The van der Waals surface area contributed by atoms with Crippen LogP contribution in [0.2, 0.25) is 0 Å². The molecule has 2 aromatic rings. The van der Waals surface area contributed by atoms with Crippen LogP contribution in [0.1, 0.15) is 64.4 Å². The first-order valence-corrected chi connectivity index (χ1v) is 11.6. The van der Waals surface area contributed by atoms with Crippen LogP contribution in [0.5, 0.6) is 0 Å². The number of carbonyl (C=O) groups is 2. The van der Waals surface area contributed by atoms with Gasteiger partial charge in [-0.1, -0.05) is 57.7 Å². The van der Waals surface area contributed by atoms with Crippen LogP contribution in [0, 0.1) is 17.8 Å². The van der Waals surface area contributed by atoms with Crippen LogP contribution < -0.4 is 5.32 Å². The van der Waals surface area contributed by atoms with E-state index in [9.17, 15) is 19.6 Å². The number of para-hydroxylation sites is 1. The van der Waals surface area contributed by atoms with Crippen LogP contribution >= 0.6 is 0 Å². The van der Waals surface area contributed by atoms with Gasteiger partial charge in [0.15, 0.2) is 0 Å². The first kappa shape index (κ1) is 23.5. The number of aromatic nitrogens is 1. The van der Waals surface area contributed by atoms with E-state index in [0.29, 0.717) is 25.2 Å². The van der Waals surface area contributed by atoms with Gasteiger partial charge in [-0.2, -0.15) is 0 Å². The molecule has 1 fully saturated rings. The summed E-state index contributed by atoms with van der Waals surface area (Å²) in [5.41, 5.74) is 1.99. The summed E-state index contributed by atoms with van der Waals surface area (Å²) in [6, 6.07) is 7.91. The van der Waals surface area contributed by atoms with Crippen LogP contribution in [0.3, 0.4) is 0 Å². The fraction of sp³-hybridized carbons (Fsp3) is 0.583. The molecule has 1 aliphatic carbocycles. The lowest BCUT2D eigenvalue weighted by Gasteiger charge is -2.23. The minimum Gasteiger partial charge on any atom is -0.426 e. The summed E-state index contributed by atoms with van der Waals surface area (Å²) in [6.45, 7) is 3.94. The number of rotatable bonds is 11. The van der Waals surface area contributed by atoms with E-state index in [-0.39, 0.29) is 24.0 Å². The predicted molar refractivity (Wildman–Crippen MR) is 123 cm³/mol. The number of amides is 1. The third-order valence-electron chi connectivity index (χ3n) is 6.39. The fourth-order valence-electron chi connectivity index (χ4n) is 4.78. The Morgan fingerprint density at radius 2 is 1.90 bits per heavy atom. The van der Waals surface area contributed by atoms with Gasteiger partial charge < -0.3 is 20.3 Å². The van der Waals surface area contributed by atoms with Crippen LogP contribution in [-0.2, 0) is 16.0 Å². The van der Waals surface area contributed by atoms with Crippen molar-refractivity contribution in [1.29, 1.82) is 0 Å². The van der Waals surface area contributed by atoms with Gasteiger partial charge >= 0.3 is 7.12 Å². The maximum atomic E-state index is 13.2. The molecule has 0 aliphatic heterocycles. The van der Waals surface area contributed by atoms with Gasteiger partial charge in [0.25, 0.3) is 0 Å². The van der Waals surface area contributed by atoms with Crippen LogP contribution in [0.25, 0.3) is 10.9 Å². The average Bonchev–Trinajstić information content (AvgIpc) is 3.36. The van der Waals surface area contributed by atoms with E-state index in [4.69, 9.17) is 0 Å². The monoisotopic (exact) mass is 426 g/mol. The maximum Gasteiger partial charge on any atom is 0.475 e. The molecule has 1 aromatic carbocycles. The molecular weight excluding hydrogens is 391 g/mol. The number of ketones is 1. The molecule has 2 atom stereocenters. The topological polar surface area (TPSA) is 102 Å². The second-order valence-corrected chi connectivity index (χ2v) is 9.52. The number of Topliss-reactive ketones (excluding diaryl/α,β-unsaturated/α-hetero) is 1. The Hall–Kier alpha value is -2.12. The number of hydrogen-bond donors (Lipinski definition) is 4. The zero-order valence-corrected chi connectivity index (χ0v) is 18.6. The predicted octanol–water partition coefficient (Wildman–Crippen LogP) is 3.41. The van der Waals surface area contributed by atoms with Gasteiger partial charge in [-0.15, -0.1) is 0 Å². The summed E-state index contributed by atoms with van der Waals surface area (Å²) < 4.78 is 0. The number of hydrogen-bond acceptors (Lipinski definition) is 4. The lowest BCUT2D eigenvalue weighted by Crippen LogP contribution is -2.49. The van der Waals surface area contributed by atoms with Crippen molar-refractivity contribution in [2.24, 2.45) is 17.8 Å². The first-order chi connectivity index (χ1) is 14.8. The van der Waals surface area contributed by atoms with Gasteiger partial charge in [-0.3, -0.25) is 9.59 Å². The molecule has 1 aromatic heterocycles. The van der Waals surface area contributed by atoms with Gasteiger partial charge in [-0.05, 0) is 36.3 Å². The van der Waals surface area contributed by atoms with Gasteiger partial charge in [0.1, 0.15) is 5.78 Å². The largest absolute Gasteiger partial charge is 0.475 e. The lowest BCUT2D eigenvalue weighted by molar-refractivity contribution is -0.130. The Bertz CT molecular complexity index is 873. The Labute approximate surface area is 185 Å². The second kappa shape index (κ2) is 11.0. The van der Waals surface area contributed by atoms with E-state index < -0.39 is 19.0 Å². The van der Waals surface area contributed by atoms with E-state index in [2.05, 4.69) is 10.3 Å². The number of fused-ring (bicyclic) bond motifs is 1. The standard InChI is InChI=1S/C24H35BN2O4/c1-16(2)11-23(25(30)31)27-24(29)18(14-20(28)12-17-7-3-4-8-17)13-19-15-26-22-10-6-5-9-21(19)22/h5-6,9-10,15-18,23,26,30-31H,3-4,7-8,11-14H2,1-2H3,(H,27,29)/t18-,23+/m1/s1. The second-order valence-electron chi connectivity index (χ2n) is 9.52. The van der Waals surface area contributed by atoms with Crippen LogP contribution in [0.15, 0.2) is 30.5 Å². The maximum absolute atomic E-state index is 13.2. The number of aromatic amines is 1. The number of benzene rings is 1. The minimum atomic E-state index is -1.63. The normalized spacial score (nSPS) is 16.5. The summed E-state index contributed by atoms with van der Waals surface area (Å²) in [6.07, 6.45) is 8.06. The third kappa shape index (κ3) is 6.68. The molecule has 0 spiro atoms. The SMILES string of the molecule is CC(C)C[C@H](NC(=O)[C@@H](CC(=O)CC1CCCC1)Cc1c[nH]c2ccccc12)B(O)O. The molecule has 0 saturated heterocycles. The molecule has 1 amide bonds. The molecule has 168 valence electrons. The van der Waals surface area contributed by atoms with E-state index in [1.807, 2.05) is 44.3 Å². The zero-order chi connectivity index (χ0) is 22.4. The van der Waals surface area contributed by atoms with Crippen molar-refractivity contribution in [3.05, 3.63) is 36.0 Å². The van der Waals surface area contributed by atoms with Crippen molar-refractivity contribution in [2.75, 3.05) is 0 Å². The molecule has 3 rings (SSSR count). The molecule has 0 unspecified atom stereocenters. The quantitative estimate of drug-likeness (QED) is 0.414. The summed E-state index contributed by atoms with van der Waals surface area (Å²) in [7, 11) is -1.63. The van der Waals surface area contributed by atoms with Crippen molar-refractivity contribution in [3.8, 4) is 0 Å². The highest BCUT2D eigenvalue weighted by Gasteiger charge is 2.31. The number of carbonyl (C=O) groups excluding carboxylic acids is 2. The van der Waals surface area contributed by atoms with E-state index >= 15 is 0 Å². The average molecular weight is 426 g/mol. The molecule has 6 nitrogen and oxygen atoms in total. The molecule has 31 heavy (non-hydrogen) atoms. The highest BCUT2D eigenvalue weighted by Crippen LogP contribution is 2.29. The van der Waals surface area contributed by atoms with Gasteiger partial charge in [0.05, 0.1) is 5.94 Å². The van der Waals surface area contributed by atoms with E-state index in [0.717, 1.165) is 29.3 Å². The van der Waals surface area contributed by atoms with Crippen molar-refractivity contribution >= 4 is 29.7 Å². The number of nitrogens with one attached hydrogen (secondary N) is 2. The molecule has 1 heterocycles. The summed E-state index contributed by atoms with van der Waals surface area (Å²) >= 11 is 0. The van der Waals surface area contributed by atoms with Crippen molar-refractivity contribution in [3.63, 3.8) is 0 Å². The Kier molecular flexibility index (Phi) is 8.32. The van der Waals surface area contributed by atoms with Gasteiger partial charge in [0, 0.05) is 35.9 Å². The Morgan fingerprint density at radius 1 is 1.19 bits per heavy atom. The molecular formula is C24H35BN2O4. The summed E-state index contributed by atoms with van der Waals surface area (Å²) in [5.74, 6) is -0.814. The van der Waals surface area contributed by atoms with Crippen molar-refractivity contribution < 1.29 is 19.6 Å². The zero-order valence-electron chi connectivity index (χ0n) is 18.6. The van der Waals surface area contributed by atoms with Crippen LogP contribution in [-0.4, -0.2) is 39.8 Å². The van der Waals surface area contributed by atoms with E-state index in [1.165, 1.54) is 12.8 Å². The Balaban J connectivity index is 1.75. The first-order valence-electron chi connectivity index (χ1n) is 11.6. The van der Waals surface area contributed by atoms with Crippen molar-refractivity contribution in [2.45, 2.75) is 71.2 Å². The molecule has 1 saturated carbocycles. The molecule has 0 bridgehead atoms. The Morgan fingerprint density at radius 3 is 2.58 bits per heavy atom. The highest BCUT2D eigenvalue weighted by molar-refractivity contribution is 6.43. The molecule has 4 N–H and O–H groups in total. The third-order valence-corrected chi connectivity index (χ3v) is 6.39. The van der Waals surface area contributed by atoms with Crippen molar-refractivity contribution in [1.82, 2.24) is 10.3 Å². The molecule has 1 aliphatic rings. The van der Waals surface area contributed by atoms with E-state index in [1.54, 1.807) is 0 Å². The smallest absolute Gasteiger partial charge is 0.426 e. The minimum absolute atomic E-state index is 0.122. The van der Waals surface area contributed by atoms with Gasteiger partial charge in [0.2, 0.25) is 5.91 Å². The lowest BCUT2D eigenvalue weighted by atomic mass is 9.74. The number of H-pyrrole nitrogens is 1. The highest BCUT2D eigenvalue weighted by atomic mass is 16.4. The summed E-state index contributed by atoms with van der Waals surface area (Å²) in [4.78, 5) is 29.2. The fourth-order valence-corrected chi connectivity index (χ4v) is 4.78. The van der Waals surface area contributed by atoms with Crippen LogP contribution in [0.4, 0.5) is 0 Å². The summed E-state index contributed by atoms with van der Waals surface area (Å²) in [5, 5.41) is 23.3. The molecule has 0 radical (unpaired) electrons.